The Morgan fingerprint density at radius 1 is 0.909 bits per heavy atom. The van der Waals surface area contributed by atoms with E-state index in [0.717, 1.165) is 18.2 Å². The van der Waals surface area contributed by atoms with Crippen LogP contribution in [0.15, 0.2) is 24.3 Å². The van der Waals surface area contributed by atoms with Crippen molar-refractivity contribution in [2.45, 2.75) is 0 Å². The average Bonchev–Trinajstić information content (AvgIpc) is 2.46. The number of rotatable bonds is 5. The molecule has 0 amide bonds. The number of benzene rings is 2. The maximum absolute atomic E-state index is 13.6. The Bertz CT molecular complexity index is 695. The maximum Gasteiger partial charge on any atom is 0.231 e. The molecule has 0 heterocycles. The first-order valence-corrected chi connectivity index (χ1v) is 6.64. The predicted molar refractivity (Wildman–Crippen MR) is 77.2 cm³/mol. The molecule has 1 N–H and O–H groups in total. The highest BCUT2D eigenvalue weighted by Gasteiger charge is 2.12. The fourth-order valence-corrected chi connectivity index (χ4v) is 1.94. The van der Waals surface area contributed by atoms with Crippen LogP contribution in [-0.2, 0) is 0 Å². The van der Waals surface area contributed by atoms with Gasteiger partial charge in [-0.1, -0.05) is 23.2 Å². The smallest absolute Gasteiger partial charge is 0.231 e. The lowest BCUT2D eigenvalue weighted by molar-refractivity contribution is 0.110. The van der Waals surface area contributed by atoms with Crippen LogP contribution in [0.1, 0.15) is 0 Å². The topological polar surface area (TPSA) is 47.9 Å². The monoisotopic (exact) mass is 350 g/mol. The van der Waals surface area contributed by atoms with Crippen molar-refractivity contribution in [2.24, 2.45) is 0 Å². The average molecular weight is 351 g/mol. The van der Waals surface area contributed by atoms with E-state index in [0.29, 0.717) is 0 Å². The second-order valence-corrected chi connectivity index (χ2v) is 4.87. The minimum atomic E-state index is -0.791. The molecular formula is C14H10Cl2F2O4. The number of halogens is 4. The number of methoxy groups -OCH3 is 1. The van der Waals surface area contributed by atoms with E-state index in [1.807, 2.05) is 0 Å². The number of phenolic OH excluding ortho intramolecular Hbond substituents is 1. The first-order valence-electron chi connectivity index (χ1n) is 5.89. The van der Waals surface area contributed by atoms with E-state index < -0.39 is 18.4 Å². The van der Waals surface area contributed by atoms with Gasteiger partial charge in [-0.15, -0.1) is 0 Å². The van der Waals surface area contributed by atoms with Crippen molar-refractivity contribution >= 4 is 23.2 Å². The van der Waals surface area contributed by atoms with Crippen LogP contribution in [0.2, 0.25) is 10.0 Å². The summed E-state index contributed by atoms with van der Waals surface area (Å²) in [5.74, 6) is -2.12. The molecule has 4 nitrogen and oxygen atoms in total. The van der Waals surface area contributed by atoms with E-state index >= 15 is 0 Å². The third kappa shape index (κ3) is 3.64. The Hall–Kier alpha value is -1.92. The van der Waals surface area contributed by atoms with E-state index in [9.17, 15) is 13.9 Å². The summed E-state index contributed by atoms with van der Waals surface area (Å²) in [7, 11) is 1.37. The van der Waals surface area contributed by atoms with Gasteiger partial charge in [0.05, 0.1) is 17.2 Å². The second-order valence-electron chi connectivity index (χ2n) is 4.06. The number of hydrogen-bond acceptors (Lipinski definition) is 4. The lowest BCUT2D eigenvalue weighted by atomic mass is 10.3. The van der Waals surface area contributed by atoms with Crippen LogP contribution in [0, 0.1) is 11.6 Å². The molecule has 0 aliphatic heterocycles. The Morgan fingerprint density at radius 3 is 2.05 bits per heavy atom. The van der Waals surface area contributed by atoms with Gasteiger partial charge in [-0.05, 0) is 0 Å². The molecule has 0 bridgehead atoms. The molecule has 0 spiro atoms. The van der Waals surface area contributed by atoms with Gasteiger partial charge in [0.25, 0.3) is 0 Å². The Kier molecular flexibility index (Phi) is 5.15. The molecule has 118 valence electrons. The van der Waals surface area contributed by atoms with Gasteiger partial charge in [-0.2, -0.15) is 0 Å². The SMILES string of the molecule is COc1cc(OCOc2cc(O)c(Cl)cc2F)c(F)cc1Cl. The van der Waals surface area contributed by atoms with Crippen molar-refractivity contribution < 1.29 is 28.1 Å². The third-order valence-electron chi connectivity index (χ3n) is 2.64. The molecule has 0 saturated heterocycles. The van der Waals surface area contributed by atoms with Crippen molar-refractivity contribution in [3.63, 3.8) is 0 Å². The van der Waals surface area contributed by atoms with Gasteiger partial charge in [0, 0.05) is 24.3 Å². The Balaban J connectivity index is 2.07. The Labute approximate surface area is 134 Å². The molecule has 0 saturated carbocycles. The largest absolute Gasteiger partial charge is 0.506 e. The van der Waals surface area contributed by atoms with Crippen molar-refractivity contribution in [3.8, 4) is 23.0 Å². The lowest BCUT2D eigenvalue weighted by Crippen LogP contribution is -2.08. The van der Waals surface area contributed by atoms with E-state index in [1.54, 1.807) is 0 Å². The van der Waals surface area contributed by atoms with Crippen LogP contribution >= 0.6 is 23.2 Å². The van der Waals surface area contributed by atoms with Crippen molar-refractivity contribution in [1.82, 2.24) is 0 Å². The summed E-state index contributed by atoms with van der Waals surface area (Å²) in [4.78, 5) is 0. The van der Waals surface area contributed by atoms with Crippen LogP contribution in [0.3, 0.4) is 0 Å². The van der Waals surface area contributed by atoms with Crippen LogP contribution in [0.25, 0.3) is 0 Å². The number of aromatic hydroxyl groups is 1. The molecule has 0 atom stereocenters. The summed E-state index contributed by atoms with van der Waals surface area (Å²) in [6.45, 7) is -0.500. The molecule has 0 unspecified atom stereocenters. The van der Waals surface area contributed by atoms with Crippen LogP contribution in [0.5, 0.6) is 23.0 Å². The highest BCUT2D eigenvalue weighted by molar-refractivity contribution is 6.32. The van der Waals surface area contributed by atoms with Gasteiger partial charge in [0.2, 0.25) is 6.79 Å². The van der Waals surface area contributed by atoms with Crippen molar-refractivity contribution in [3.05, 3.63) is 45.9 Å². The number of hydrogen-bond donors (Lipinski definition) is 1. The van der Waals surface area contributed by atoms with E-state index in [-0.39, 0.29) is 33.0 Å². The summed E-state index contributed by atoms with van der Waals surface area (Å²) in [5.41, 5.74) is 0. The molecule has 8 heteroatoms. The lowest BCUT2D eigenvalue weighted by Gasteiger charge is -2.12. The van der Waals surface area contributed by atoms with Crippen LogP contribution < -0.4 is 14.2 Å². The van der Waals surface area contributed by atoms with Gasteiger partial charge in [0.15, 0.2) is 23.1 Å². The van der Waals surface area contributed by atoms with Crippen LogP contribution in [-0.4, -0.2) is 19.0 Å². The summed E-state index contributed by atoms with van der Waals surface area (Å²) in [6, 6.07) is 4.12. The molecule has 2 rings (SSSR count). The van der Waals surface area contributed by atoms with Gasteiger partial charge in [-0.3, -0.25) is 0 Å². The summed E-state index contributed by atoms with van der Waals surface area (Å²) in [6.07, 6.45) is 0. The zero-order chi connectivity index (χ0) is 16.3. The maximum atomic E-state index is 13.6. The van der Waals surface area contributed by atoms with Crippen LogP contribution in [0.4, 0.5) is 8.78 Å². The zero-order valence-electron chi connectivity index (χ0n) is 11.2. The fourth-order valence-electron chi connectivity index (χ4n) is 1.56. The van der Waals surface area contributed by atoms with Gasteiger partial charge in [-0.25, -0.2) is 8.78 Å². The first-order chi connectivity index (χ1) is 10.4. The quantitative estimate of drug-likeness (QED) is 0.812. The molecule has 0 aliphatic carbocycles. The van der Waals surface area contributed by atoms with Gasteiger partial charge in [0.1, 0.15) is 11.5 Å². The van der Waals surface area contributed by atoms with E-state index in [1.165, 1.54) is 13.2 Å². The molecule has 0 aromatic heterocycles. The minimum absolute atomic E-state index is 0.0851. The fraction of sp³-hybridized carbons (Fsp3) is 0.143. The van der Waals surface area contributed by atoms with Crippen molar-refractivity contribution in [2.75, 3.05) is 13.9 Å². The summed E-state index contributed by atoms with van der Waals surface area (Å²) >= 11 is 11.3. The van der Waals surface area contributed by atoms with E-state index in [4.69, 9.17) is 37.4 Å². The predicted octanol–water partition coefficient (Wildman–Crippen LogP) is 4.40. The van der Waals surface area contributed by atoms with Gasteiger partial charge < -0.3 is 19.3 Å². The van der Waals surface area contributed by atoms with E-state index in [2.05, 4.69) is 0 Å². The minimum Gasteiger partial charge on any atom is -0.506 e. The molecule has 0 aliphatic rings. The van der Waals surface area contributed by atoms with Gasteiger partial charge >= 0.3 is 0 Å². The van der Waals surface area contributed by atoms with Crippen molar-refractivity contribution in [1.29, 1.82) is 0 Å². The molecular weight excluding hydrogens is 341 g/mol. The summed E-state index contributed by atoms with van der Waals surface area (Å²) < 4.78 is 42.1. The normalized spacial score (nSPS) is 10.4. The third-order valence-corrected chi connectivity index (χ3v) is 3.23. The summed E-state index contributed by atoms with van der Waals surface area (Å²) in [5, 5.41) is 9.30. The number of phenols is 1. The Morgan fingerprint density at radius 2 is 1.45 bits per heavy atom. The molecule has 22 heavy (non-hydrogen) atoms. The molecule has 2 aromatic carbocycles. The molecule has 0 radical (unpaired) electrons. The molecule has 2 aromatic rings. The highest BCUT2D eigenvalue weighted by Crippen LogP contribution is 2.33. The molecule has 0 fully saturated rings. The standard InChI is InChI=1S/C14H10Cl2F2O4/c1-20-12-5-14(10(18)3-8(12)16)22-6-21-13-4-11(19)7(15)2-9(13)17/h2-5,19H,6H2,1H3. The second kappa shape index (κ2) is 6.89. The first kappa shape index (κ1) is 16.5. The number of ether oxygens (including phenoxy) is 3. The zero-order valence-corrected chi connectivity index (χ0v) is 12.7. The highest BCUT2D eigenvalue weighted by atomic mass is 35.5.